The van der Waals surface area contributed by atoms with Gasteiger partial charge >= 0.3 is 0 Å². The fraction of sp³-hybridized carbons (Fsp3) is 0.292. The van der Waals surface area contributed by atoms with Crippen LogP contribution in [0.1, 0.15) is 24.8 Å². The summed E-state index contributed by atoms with van der Waals surface area (Å²) < 4.78 is 5.99. The van der Waals surface area contributed by atoms with E-state index in [-0.39, 0.29) is 0 Å². The molecule has 2 heterocycles. The number of rotatable bonds is 7. The summed E-state index contributed by atoms with van der Waals surface area (Å²) in [6.45, 7) is 4.08. The van der Waals surface area contributed by atoms with E-state index >= 15 is 0 Å². The number of para-hydroxylation sites is 1. The van der Waals surface area contributed by atoms with Gasteiger partial charge in [-0.3, -0.25) is 9.88 Å². The Bertz CT molecular complexity index is 899. The average molecular weight is 358 g/mol. The fourth-order valence-electron chi connectivity index (χ4n) is 3.64. The van der Waals surface area contributed by atoms with Crippen LogP contribution in [-0.2, 0) is 0 Å². The van der Waals surface area contributed by atoms with Crippen molar-refractivity contribution in [2.24, 2.45) is 0 Å². The second kappa shape index (κ2) is 8.83. The molecule has 1 aliphatic rings. The van der Waals surface area contributed by atoms with Crippen molar-refractivity contribution < 1.29 is 4.74 Å². The first-order valence-electron chi connectivity index (χ1n) is 9.83. The predicted octanol–water partition coefficient (Wildman–Crippen LogP) is 5.18. The molecule has 0 unspecified atom stereocenters. The SMILES string of the molecule is C1=C(c2ccccc2)CCN(CCCCOc2cccc3cccnc23)C1. The molecule has 0 aliphatic carbocycles. The van der Waals surface area contributed by atoms with Gasteiger partial charge in [-0.25, -0.2) is 0 Å². The van der Waals surface area contributed by atoms with Crippen molar-refractivity contribution in [1.82, 2.24) is 9.88 Å². The topological polar surface area (TPSA) is 25.4 Å². The van der Waals surface area contributed by atoms with Crippen LogP contribution in [0, 0.1) is 0 Å². The van der Waals surface area contributed by atoms with Crippen LogP contribution >= 0.6 is 0 Å². The van der Waals surface area contributed by atoms with Crippen LogP contribution in [0.2, 0.25) is 0 Å². The van der Waals surface area contributed by atoms with E-state index in [0.29, 0.717) is 0 Å². The third-order valence-electron chi connectivity index (χ3n) is 5.16. The van der Waals surface area contributed by atoms with Crippen molar-refractivity contribution in [2.75, 3.05) is 26.2 Å². The number of hydrogen-bond acceptors (Lipinski definition) is 3. The lowest BCUT2D eigenvalue weighted by atomic mass is 9.99. The van der Waals surface area contributed by atoms with Crippen molar-refractivity contribution in [3.05, 3.63) is 78.5 Å². The average Bonchev–Trinajstić information content (AvgIpc) is 2.75. The van der Waals surface area contributed by atoms with Gasteiger partial charge in [-0.15, -0.1) is 0 Å². The zero-order valence-corrected chi connectivity index (χ0v) is 15.7. The molecule has 0 saturated carbocycles. The first kappa shape index (κ1) is 17.7. The highest BCUT2D eigenvalue weighted by molar-refractivity contribution is 5.84. The summed E-state index contributed by atoms with van der Waals surface area (Å²) in [6.07, 6.45) is 7.57. The predicted molar refractivity (Wildman–Crippen MR) is 112 cm³/mol. The summed E-state index contributed by atoms with van der Waals surface area (Å²) >= 11 is 0. The van der Waals surface area contributed by atoms with Gasteiger partial charge in [-0.05, 0) is 49.1 Å². The van der Waals surface area contributed by atoms with Crippen LogP contribution in [0.5, 0.6) is 5.75 Å². The van der Waals surface area contributed by atoms with Gasteiger partial charge in [0.1, 0.15) is 11.3 Å². The van der Waals surface area contributed by atoms with Crippen molar-refractivity contribution >= 4 is 16.5 Å². The number of benzene rings is 2. The first-order valence-corrected chi connectivity index (χ1v) is 9.83. The molecule has 1 aliphatic heterocycles. The molecule has 27 heavy (non-hydrogen) atoms. The summed E-state index contributed by atoms with van der Waals surface area (Å²) in [7, 11) is 0. The van der Waals surface area contributed by atoms with Gasteiger partial charge in [-0.1, -0.05) is 54.6 Å². The number of pyridine rings is 1. The maximum absolute atomic E-state index is 5.99. The normalized spacial score (nSPS) is 14.9. The molecule has 0 N–H and O–H groups in total. The summed E-state index contributed by atoms with van der Waals surface area (Å²) in [5, 5.41) is 1.13. The second-order valence-electron chi connectivity index (χ2n) is 7.03. The van der Waals surface area contributed by atoms with Gasteiger partial charge in [0.25, 0.3) is 0 Å². The zero-order valence-electron chi connectivity index (χ0n) is 15.7. The molecule has 138 valence electrons. The maximum Gasteiger partial charge on any atom is 0.145 e. The molecule has 0 radical (unpaired) electrons. The maximum atomic E-state index is 5.99. The molecule has 0 spiro atoms. The summed E-state index contributed by atoms with van der Waals surface area (Å²) in [5.74, 6) is 0.890. The summed E-state index contributed by atoms with van der Waals surface area (Å²) in [5.41, 5.74) is 3.81. The Kier molecular flexibility index (Phi) is 5.80. The van der Waals surface area contributed by atoms with E-state index < -0.39 is 0 Å². The van der Waals surface area contributed by atoms with E-state index in [0.717, 1.165) is 62.2 Å². The molecule has 3 aromatic rings. The number of nitrogens with zero attached hydrogens (tertiary/aromatic N) is 2. The number of hydrogen-bond donors (Lipinski definition) is 0. The molecule has 0 bridgehead atoms. The monoisotopic (exact) mass is 358 g/mol. The van der Waals surface area contributed by atoms with E-state index in [1.165, 1.54) is 11.1 Å². The first-order chi connectivity index (χ1) is 13.4. The molecule has 0 saturated heterocycles. The Morgan fingerprint density at radius 1 is 0.926 bits per heavy atom. The minimum absolute atomic E-state index is 0.745. The lowest BCUT2D eigenvalue weighted by Crippen LogP contribution is -2.29. The summed E-state index contributed by atoms with van der Waals surface area (Å²) in [4.78, 5) is 6.98. The minimum atomic E-state index is 0.745. The molecule has 0 fully saturated rings. The summed E-state index contributed by atoms with van der Waals surface area (Å²) in [6, 6.07) is 20.9. The van der Waals surface area contributed by atoms with E-state index in [9.17, 15) is 0 Å². The van der Waals surface area contributed by atoms with Crippen LogP contribution < -0.4 is 4.74 Å². The number of fused-ring (bicyclic) bond motifs is 1. The van der Waals surface area contributed by atoms with Crippen molar-refractivity contribution in [1.29, 1.82) is 0 Å². The Balaban J connectivity index is 1.20. The van der Waals surface area contributed by atoms with Gasteiger partial charge in [0, 0.05) is 24.7 Å². The third kappa shape index (κ3) is 4.55. The van der Waals surface area contributed by atoms with E-state index in [1.54, 1.807) is 0 Å². The van der Waals surface area contributed by atoms with Crippen molar-refractivity contribution in [3.63, 3.8) is 0 Å². The molecule has 4 rings (SSSR count). The van der Waals surface area contributed by atoms with Gasteiger partial charge in [-0.2, -0.15) is 0 Å². The van der Waals surface area contributed by atoms with Crippen LogP contribution in [0.4, 0.5) is 0 Å². The standard InChI is InChI=1S/C24H26N2O/c1-2-8-20(9-3-1)21-13-17-26(18-14-21)16-4-5-19-27-23-12-6-10-22-11-7-15-25-24(22)23/h1-3,6-13,15H,4-5,14,16-19H2. The van der Waals surface area contributed by atoms with Crippen molar-refractivity contribution in [3.8, 4) is 5.75 Å². The zero-order chi connectivity index (χ0) is 18.3. The second-order valence-corrected chi connectivity index (χ2v) is 7.03. The lowest BCUT2D eigenvalue weighted by Gasteiger charge is -2.26. The highest BCUT2D eigenvalue weighted by Gasteiger charge is 2.12. The number of unbranched alkanes of at least 4 members (excludes halogenated alkanes) is 1. The highest BCUT2D eigenvalue weighted by atomic mass is 16.5. The van der Waals surface area contributed by atoms with Gasteiger partial charge in [0.05, 0.1) is 6.61 Å². The Labute approximate surface area is 161 Å². The van der Waals surface area contributed by atoms with Gasteiger partial charge in [0.2, 0.25) is 0 Å². The lowest BCUT2D eigenvalue weighted by molar-refractivity contribution is 0.266. The Hall–Kier alpha value is -2.65. The van der Waals surface area contributed by atoms with E-state index in [4.69, 9.17) is 4.74 Å². The third-order valence-corrected chi connectivity index (χ3v) is 5.16. The van der Waals surface area contributed by atoms with Crippen LogP contribution in [0.25, 0.3) is 16.5 Å². The quantitative estimate of drug-likeness (QED) is 0.544. The van der Waals surface area contributed by atoms with Crippen LogP contribution in [0.15, 0.2) is 72.9 Å². The molecule has 3 nitrogen and oxygen atoms in total. The Morgan fingerprint density at radius 3 is 2.67 bits per heavy atom. The molecular weight excluding hydrogens is 332 g/mol. The number of aromatic nitrogens is 1. The van der Waals surface area contributed by atoms with Crippen LogP contribution in [0.3, 0.4) is 0 Å². The largest absolute Gasteiger partial charge is 0.491 e. The molecule has 0 atom stereocenters. The molecular formula is C24H26N2O. The van der Waals surface area contributed by atoms with Crippen LogP contribution in [-0.4, -0.2) is 36.1 Å². The highest BCUT2D eigenvalue weighted by Crippen LogP contribution is 2.24. The van der Waals surface area contributed by atoms with Crippen molar-refractivity contribution in [2.45, 2.75) is 19.3 Å². The van der Waals surface area contributed by atoms with E-state index in [1.807, 2.05) is 24.4 Å². The number of ether oxygens (including phenoxy) is 1. The minimum Gasteiger partial charge on any atom is -0.491 e. The molecule has 3 heteroatoms. The molecule has 2 aromatic carbocycles. The molecule has 1 aromatic heterocycles. The van der Waals surface area contributed by atoms with E-state index in [2.05, 4.69) is 58.4 Å². The fourth-order valence-corrected chi connectivity index (χ4v) is 3.64. The van der Waals surface area contributed by atoms with Gasteiger partial charge < -0.3 is 4.74 Å². The van der Waals surface area contributed by atoms with Gasteiger partial charge in [0.15, 0.2) is 0 Å². The molecule has 0 amide bonds. The smallest absolute Gasteiger partial charge is 0.145 e. The Morgan fingerprint density at radius 2 is 1.81 bits per heavy atom.